The molecule has 1 aliphatic rings. The maximum atomic E-state index is 12.6. The summed E-state index contributed by atoms with van der Waals surface area (Å²) < 4.78 is 0. The van der Waals surface area contributed by atoms with Crippen LogP contribution in [0, 0.1) is 5.41 Å². The van der Waals surface area contributed by atoms with Crippen LogP contribution in [0.1, 0.15) is 51.5 Å². The van der Waals surface area contributed by atoms with Gasteiger partial charge in [0.1, 0.15) is 5.41 Å². The molecular weight excluding hydrogens is 350 g/mol. The van der Waals surface area contributed by atoms with E-state index in [1.165, 1.54) is 29.4 Å². The molecular formula is C23H31N3O2. The van der Waals surface area contributed by atoms with Gasteiger partial charge in [-0.3, -0.25) is 9.59 Å². The van der Waals surface area contributed by atoms with Crippen LogP contribution in [0.5, 0.6) is 0 Å². The summed E-state index contributed by atoms with van der Waals surface area (Å²) in [5.41, 5.74) is 2.60. The number of carbonyl (C=O) groups is 2. The van der Waals surface area contributed by atoms with Gasteiger partial charge in [0.2, 0.25) is 11.8 Å². The van der Waals surface area contributed by atoms with Crippen LogP contribution >= 0.6 is 0 Å². The van der Waals surface area contributed by atoms with Gasteiger partial charge in [-0.05, 0) is 64.0 Å². The van der Waals surface area contributed by atoms with E-state index in [0.717, 1.165) is 31.2 Å². The number of aromatic nitrogens is 1. The molecule has 3 N–H and O–H groups in total. The van der Waals surface area contributed by atoms with Gasteiger partial charge in [-0.1, -0.05) is 29.8 Å². The van der Waals surface area contributed by atoms with Gasteiger partial charge in [0.05, 0.1) is 0 Å². The second kappa shape index (κ2) is 9.09. The Labute approximate surface area is 167 Å². The number of fused-ring (bicyclic) bond motifs is 1. The highest BCUT2D eigenvalue weighted by molar-refractivity contribution is 6.04. The highest BCUT2D eigenvalue weighted by Crippen LogP contribution is 2.21. The SMILES string of the molecule is CC(C)(C(=O)NCCC1=CCCCC1)C(=O)NCCc1c[nH]c2ccccc12. The Morgan fingerprint density at radius 1 is 1.04 bits per heavy atom. The van der Waals surface area contributed by atoms with Gasteiger partial charge >= 0.3 is 0 Å². The van der Waals surface area contributed by atoms with Crippen LogP contribution in [0.25, 0.3) is 10.9 Å². The molecule has 1 aromatic carbocycles. The molecule has 0 spiro atoms. The minimum Gasteiger partial charge on any atom is -0.361 e. The molecule has 0 unspecified atom stereocenters. The van der Waals surface area contributed by atoms with E-state index in [4.69, 9.17) is 0 Å². The van der Waals surface area contributed by atoms with Crippen LogP contribution in [0.2, 0.25) is 0 Å². The lowest BCUT2D eigenvalue weighted by Crippen LogP contribution is -2.48. The highest BCUT2D eigenvalue weighted by Gasteiger charge is 2.35. The number of nitrogens with one attached hydrogen (secondary N) is 3. The summed E-state index contributed by atoms with van der Waals surface area (Å²) in [5.74, 6) is -0.449. The average molecular weight is 382 g/mol. The zero-order chi connectivity index (χ0) is 20.0. The van der Waals surface area contributed by atoms with Gasteiger partial charge in [-0.15, -0.1) is 0 Å². The fourth-order valence-electron chi connectivity index (χ4n) is 3.66. The molecule has 0 atom stereocenters. The van der Waals surface area contributed by atoms with E-state index in [0.29, 0.717) is 13.1 Å². The molecule has 150 valence electrons. The van der Waals surface area contributed by atoms with Gasteiger partial charge in [-0.25, -0.2) is 0 Å². The van der Waals surface area contributed by atoms with Gasteiger partial charge in [-0.2, -0.15) is 0 Å². The van der Waals surface area contributed by atoms with Crippen molar-refractivity contribution in [2.75, 3.05) is 13.1 Å². The molecule has 0 radical (unpaired) electrons. The topological polar surface area (TPSA) is 74.0 Å². The number of allylic oxidation sites excluding steroid dienone is 1. The number of aromatic amines is 1. The second-order valence-corrected chi connectivity index (χ2v) is 8.10. The number of hydrogen-bond acceptors (Lipinski definition) is 2. The van der Waals surface area contributed by atoms with Crippen LogP contribution in [-0.4, -0.2) is 29.9 Å². The molecule has 28 heavy (non-hydrogen) atoms. The fourth-order valence-corrected chi connectivity index (χ4v) is 3.66. The second-order valence-electron chi connectivity index (χ2n) is 8.10. The first-order valence-electron chi connectivity index (χ1n) is 10.3. The molecule has 5 nitrogen and oxygen atoms in total. The first kappa shape index (κ1) is 20.2. The molecule has 1 aliphatic carbocycles. The number of hydrogen-bond donors (Lipinski definition) is 3. The molecule has 0 aliphatic heterocycles. The number of para-hydroxylation sites is 1. The van der Waals surface area contributed by atoms with Crippen LogP contribution in [0.4, 0.5) is 0 Å². The van der Waals surface area contributed by atoms with Gasteiger partial charge in [0.15, 0.2) is 0 Å². The summed E-state index contributed by atoms with van der Waals surface area (Å²) in [6.45, 7) is 4.47. The standard InChI is InChI=1S/C23H31N3O2/c1-23(2,21(27)24-14-12-17-8-4-3-5-9-17)22(28)25-15-13-18-16-26-20-11-7-6-10-19(18)20/h6-8,10-11,16,26H,3-5,9,12-15H2,1-2H3,(H,24,27)(H,25,28). The molecule has 0 saturated heterocycles. The van der Waals surface area contributed by atoms with Crippen LogP contribution in [0.3, 0.4) is 0 Å². The highest BCUT2D eigenvalue weighted by atomic mass is 16.2. The van der Waals surface area contributed by atoms with Crippen LogP contribution < -0.4 is 10.6 Å². The lowest BCUT2D eigenvalue weighted by molar-refractivity contribution is -0.141. The van der Waals surface area contributed by atoms with Gasteiger partial charge < -0.3 is 15.6 Å². The molecule has 1 aromatic heterocycles. The van der Waals surface area contributed by atoms with Crippen molar-refractivity contribution in [2.45, 2.75) is 52.4 Å². The lowest BCUT2D eigenvalue weighted by Gasteiger charge is -2.23. The zero-order valence-corrected chi connectivity index (χ0v) is 16.9. The smallest absolute Gasteiger partial charge is 0.235 e. The molecule has 0 saturated carbocycles. The van der Waals surface area contributed by atoms with E-state index in [-0.39, 0.29) is 11.8 Å². The molecule has 2 amide bonds. The number of rotatable bonds is 8. The van der Waals surface area contributed by atoms with Crippen molar-refractivity contribution in [3.63, 3.8) is 0 Å². The summed E-state index contributed by atoms with van der Waals surface area (Å²) >= 11 is 0. The molecule has 0 bridgehead atoms. The Bertz CT molecular complexity index is 864. The third-order valence-electron chi connectivity index (χ3n) is 5.61. The Kier molecular flexibility index (Phi) is 6.55. The van der Waals surface area contributed by atoms with E-state index in [1.807, 2.05) is 24.4 Å². The summed E-state index contributed by atoms with van der Waals surface area (Å²) in [7, 11) is 0. The van der Waals surface area contributed by atoms with Crippen molar-refractivity contribution in [1.82, 2.24) is 15.6 Å². The Morgan fingerprint density at radius 3 is 2.46 bits per heavy atom. The molecule has 3 rings (SSSR count). The first-order chi connectivity index (χ1) is 13.5. The summed E-state index contributed by atoms with van der Waals surface area (Å²) in [4.78, 5) is 28.3. The quantitative estimate of drug-likeness (QED) is 0.480. The predicted molar refractivity (Wildman–Crippen MR) is 113 cm³/mol. The Balaban J connectivity index is 1.45. The molecule has 1 heterocycles. The van der Waals surface area contributed by atoms with Gasteiger partial charge in [0, 0.05) is 30.2 Å². The maximum Gasteiger partial charge on any atom is 0.235 e. The fraction of sp³-hybridized carbons (Fsp3) is 0.478. The monoisotopic (exact) mass is 381 g/mol. The van der Waals surface area contributed by atoms with E-state index in [1.54, 1.807) is 13.8 Å². The van der Waals surface area contributed by atoms with Gasteiger partial charge in [0.25, 0.3) is 0 Å². The number of amides is 2. The van der Waals surface area contributed by atoms with Crippen molar-refractivity contribution in [1.29, 1.82) is 0 Å². The van der Waals surface area contributed by atoms with E-state index in [9.17, 15) is 9.59 Å². The number of carbonyl (C=O) groups excluding carboxylic acids is 2. The third-order valence-corrected chi connectivity index (χ3v) is 5.61. The van der Waals surface area contributed by atoms with E-state index < -0.39 is 5.41 Å². The molecule has 5 heteroatoms. The lowest BCUT2D eigenvalue weighted by atomic mass is 9.90. The van der Waals surface area contributed by atoms with E-state index in [2.05, 4.69) is 27.8 Å². The summed E-state index contributed by atoms with van der Waals surface area (Å²) in [6.07, 6.45) is 10.7. The Hall–Kier alpha value is -2.56. The minimum atomic E-state index is -1.08. The summed E-state index contributed by atoms with van der Waals surface area (Å²) in [6, 6.07) is 8.11. The molecule has 2 aromatic rings. The third kappa shape index (κ3) is 4.83. The number of benzene rings is 1. The maximum absolute atomic E-state index is 12.6. The van der Waals surface area contributed by atoms with Crippen molar-refractivity contribution in [3.05, 3.63) is 47.7 Å². The summed E-state index contributed by atoms with van der Waals surface area (Å²) in [5, 5.41) is 7.03. The Morgan fingerprint density at radius 2 is 1.75 bits per heavy atom. The van der Waals surface area contributed by atoms with Crippen molar-refractivity contribution < 1.29 is 9.59 Å². The van der Waals surface area contributed by atoms with Crippen LogP contribution in [-0.2, 0) is 16.0 Å². The van der Waals surface area contributed by atoms with E-state index >= 15 is 0 Å². The zero-order valence-electron chi connectivity index (χ0n) is 16.9. The predicted octanol–water partition coefficient (Wildman–Crippen LogP) is 3.86. The van der Waals surface area contributed by atoms with Crippen LogP contribution in [0.15, 0.2) is 42.1 Å². The number of H-pyrrole nitrogens is 1. The first-order valence-corrected chi connectivity index (χ1v) is 10.3. The largest absolute Gasteiger partial charge is 0.361 e. The van der Waals surface area contributed by atoms with Crippen molar-refractivity contribution in [2.24, 2.45) is 5.41 Å². The minimum absolute atomic E-state index is 0.214. The molecule has 0 fully saturated rings. The van der Waals surface area contributed by atoms with Crippen molar-refractivity contribution in [3.8, 4) is 0 Å². The average Bonchev–Trinajstić information content (AvgIpc) is 3.12. The normalized spacial score (nSPS) is 14.6. The van der Waals surface area contributed by atoms with Crippen molar-refractivity contribution >= 4 is 22.7 Å².